The molecule has 1 heterocycles. The number of rotatable bonds is 7. The molecule has 0 radical (unpaired) electrons. The maximum atomic E-state index is 12.0. The molecule has 0 bridgehead atoms. The van der Waals surface area contributed by atoms with Gasteiger partial charge in [0.1, 0.15) is 0 Å². The lowest BCUT2D eigenvalue weighted by Gasteiger charge is -2.14. The summed E-state index contributed by atoms with van der Waals surface area (Å²) in [4.78, 5) is 11.9. The molecule has 1 aliphatic rings. The van der Waals surface area contributed by atoms with Gasteiger partial charge in [0.2, 0.25) is 15.9 Å². The molecule has 1 amide bonds. The third-order valence-corrected chi connectivity index (χ3v) is 4.85. The van der Waals surface area contributed by atoms with Crippen LogP contribution in [0.25, 0.3) is 0 Å². The van der Waals surface area contributed by atoms with Crippen molar-refractivity contribution in [3.63, 3.8) is 0 Å². The fraction of sp³-hybridized carbons (Fsp3) is 0.400. The Hall–Kier alpha value is -1.70. The molecule has 0 spiro atoms. The molecule has 1 aromatic rings. The average Bonchev–Trinajstić information content (AvgIpc) is 2.54. The van der Waals surface area contributed by atoms with Crippen molar-refractivity contribution < 1.29 is 13.2 Å². The van der Waals surface area contributed by atoms with Crippen molar-refractivity contribution in [3.8, 4) is 0 Å². The lowest BCUT2D eigenvalue weighted by Crippen LogP contribution is -2.33. The molecular weight excluding hydrogens is 302 g/mol. The molecule has 7 heteroatoms. The summed E-state index contributed by atoms with van der Waals surface area (Å²) in [6, 6.07) is 8.11. The Balaban J connectivity index is 1.71. The van der Waals surface area contributed by atoms with Gasteiger partial charge in [-0.15, -0.1) is 0 Å². The molecule has 0 aromatic heterocycles. The van der Waals surface area contributed by atoms with E-state index in [-0.39, 0.29) is 23.8 Å². The monoisotopic (exact) mass is 323 g/mol. The van der Waals surface area contributed by atoms with Crippen molar-refractivity contribution >= 4 is 15.9 Å². The maximum Gasteiger partial charge on any atom is 0.240 e. The summed E-state index contributed by atoms with van der Waals surface area (Å²) in [5.41, 5.74) is 1.21. The quantitative estimate of drug-likeness (QED) is 0.634. The Morgan fingerprint density at radius 3 is 2.68 bits per heavy atom. The van der Waals surface area contributed by atoms with Gasteiger partial charge in [-0.2, -0.15) is 0 Å². The van der Waals surface area contributed by atoms with Crippen LogP contribution >= 0.6 is 0 Å². The Bertz CT molecular complexity index is 627. The van der Waals surface area contributed by atoms with Crippen LogP contribution in [0.3, 0.4) is 0 Å². The topological polar surface area (TPSA) is 87.3 Å². The number of amides is 1. The Labute approximate surface area is 131 Å². The smallest absolute Gasteiger partial charge is 0.240 e. The molecule has 0 aliphatic carbocycles. The predicted molar refractivity (Wildman–Crippen MR) is 84.8 cm³/mol. The van der Waals surface area contributed by atoms with E-state index in [4.69, 9.17) is 0 Å². The highest BCUT2D eigenvalue weighted by Gasteiger charge is 2.13. The largest absolute Gasteiger partial charge is 0.352 e. The molecule has 0 saturated carbocycles. The highest BCUT2D eigenvalue weighted by atomic mass is 32.2. The zero-order chi connectivity index (χ0) is 15.8. The summed E-state index contributed by atoms with van der Waals surface area (Å²) in [7, 11) is -3.54. The van der Waals surface area contributed by atoms with Gasteiger partial charge >= 0.3 is 0 Å². The van der Waals surface area contributed by atoms with Gasteiger partial charge in [0.05, 0.1) is 4.90 Å². The molecule has 1 aliphatic heterocycles. The Morgan fingerprint density at radius 2 is 2.00 bits per heavy atom. The predicted octanol–water partition coefficient (Wildman–Crippen LogP) is 0.391. The molecule has 120 valence electrons. The molecule has 2 rings (SSSR count). The van der Waals surface area contributed by atoms with E-state index in [1.807, 2.05) is 0 Å². The van der Waals surface area contributed by atoms with Crippen LogP contribution in [0.5, 0.6) is 0 Å². The minimum atomic E-state index is -3.54. The van der Waals surface area contributed by atoms with Gasteiger partial charge < -0.3 is 10.6 Å². The number of hydrogen-bond donors (Lipinski definition) is 3. The number of benzene rings is 1. The van der Waals surface area contributed by atoms with E-state index >= 15 is 0 Å². The van der Waals surface area contributed by atoms with E-state index in [0.717, 1.165) is 19.5 Å². The van der Waals surface area contributed by atoms with Gasteiger partial charge in [-0.3, -0.25) is 4.79 Å². The highest BCUT2D eigenvalue weighted by Crippen LogP contribution is 2.06. The SMILES string of the molecule is O=C(CCNS(=O)(=O)c1ccccc1)NCC1=CCNCC1. The van der Waals surface area contributed by atoms with E-state index in [9.17, 15) is 13.2 Å². The molecule has 0 fully saturated rings. The second-order valence-electron chi connectivity index (χ2n) is 5.05. The third-order valence-electron chi connectivity index (χ3n) is 3.37. The van der Waals surface area contributed by atoms with E-state index in [0.29, 0.717) is 6.54 Å². The molecule has 0 atom stereocenters. The summed E-state index contributed by atoms with van der Waals surface area (Å²) in [5.74, 6) is -0.157. The first-order valence-corrected chi connectivity index (χ1v) is 8.76. The second-order valence-corrected chi connectivity index (χ2v) is 6.82. The number of hydrogen-bond acceptors (Lipinski definition) is 4. The zero-order valence-electron chi connectivity index (χ0n) is 12.3. The van der Waals surface area contributed by atoms with Crippen molar-refractivity contribution in [3.05, 3.63) is 42.0 Å². The number of nitrogens with one attached hydrogen (secondary N) is 3. The first kappa shape index (κ1) is 16.7. The van der Waals surface area contributed by atoms with Crippen molar-refractivity contribution in [2.24, 2.45) is 0 Å². The lowest BCUT2D eigenvalue weighted by molar-refractivity contribution is -0.120. The van der Waals surface area contributed by atoms with Crippen LogP contribution in [0.2, 0.25) is 0 Å². The number of carbonyl (C=O) groups excluding carboxylic acids is 1. The van der Waals surface area contributed by atoms with Crippen LogP contribution in [0.1, 0.15) is 12.8 Å². The van der Waals surface area contributed by atoms with Crippen molar-refractivity contribution in [2.45, 2.75) is 17.7 Å². The maximum absolute atomic E-state index is 12.0. The van der Waals surface area contributed by atoms with Gasteiger partial charge in [0, 0.05) is 26.1 Å². The molecule has 0 unspecified atom stereocenters. The summed E-state index contributed by atoms with van der Waals surface area (Å²) >= 11 is 0. The van der Waals surface area contributed by atoms with Gasteiger partial charge in [0.15, 0.2) is 0 Å². The van der Waals surface area contributed by atoms with E-state index in [1.165, 1.54) is 17.7 Å². The molecule has 6 nitrogen and oxygen atoms in total. The van der Waals surface area contributed by atoms with Crippen LogP contribution in [-0.2, 0) is 14.8 Å². The van der Waals surface area contributed by atoms with Crippen LogP contribution in [-0.4, -0.2) is 40.5 Å². The first-order chi connectivity index (χ1) is 10.6. The Kier molecular flexibility index (Phi) is 6.11. The van der Waals surface area contributed by atoms with Crippen LogP contribution < -0.4 is 15.4 Å². The van der Waals surface area contributed by atoms with Crippen molar-refractivity contribution in [1.82, 2.24) is 15.4 Å². The van der Waals surface area contributed by atoms with Crippen molar-refractivity contribution in [1.29, 1.82) is 0 Å². The standard InChI is InChI=1S/C15H21N3O3S/c19-15(17-12-13-6-9-16-10-7-13)8-11-18-22(20,21)14-4-2-1-3-5-14/h1-6,16,18H,7-12H2,(H,17,19). The Morgan fingerprint density at radius 1 is 1.23 bits per heavy atom. The first-order valence-electron chi connectivity index (χ1n) is 7.28. The van der Waals surface area contributed by atoms with Crippen molar-refractivity contribution in [2.75, 3.05) is 26.2 Å². The second kappa shape index (κ2) is 8.07. The number of carbonyl (C=O) groups is 1. The summed E-state index contributed by atoms with van der Waals surface area (Å²) in [6.07, 6.45) is 3.13. The molecule has 3 N–H and O–H groups in total. The highest BCUT2D eigenvalue weighted by molar-refractivity contribution is 7.89. The van der Waals surface area contributed by atoms with E-state index in [2.05, 4.69) is 21.4 Å². The normalized spacial score (nSPS) is 15.2. The van der Waals surface area contributed by atoms with Gasteiger partial charge in [-0.25, -0.2) is 13.1 Å². The molecule has 1 aromatic carbocycles. The average molecular weight is 323 g/mol. The summed E-state index contributed by atoms with van der Waals surface area (Å²) in [5, 5.41) is 6.01. The number of sulfonamides is 1. The van der Waals surface area contributed by atoms with Crippen LogP contribution in [0.15, 0.2) is 46.9 Å². The van der Waals surface area contributed by atoms with E-state index < -0.39 is 10.0 Å². The van der Waals surface area contributed by atoms with E-state index in [1.54, 1.807) is 18.2 Å². The minimum Gasteiger partial charge on any atom is -0.352 e. The zero-order valence-corrected chi connectivity index (χ0v) is 13.2. The van der Waals surface area contributed by atoms with Gasteiger partial charge in [-0.1, -0.05) is 29.8 Å². The lowest BCUT2D eigenvalue weighted by atomic mass is 10.1. The summed E-state index contributed by atoms with van der Waals surface area (Å²) < 4.78 is 26.4. The fourth-order valence-electron chi connectivity index (χ4n) is 2.11. The fourth-order valence-corrected chi connectivity index (χ4v) is 3.17. The minimum absolute atomic E-state index is 0.0870. The van der Waals surface area contributed by atoms with Crippen LogP contribution in [0, 0.1) is 0 Å². The third kappa shape index (κ3) is 5.25. The van der Waals surface area contributed by atoms with Gasteiger partial charge in [-0.05, 0) is 25.1 Å². The van der Waals surface area contributed by atoms with Crippen LogP contribution in [0.4, 0.5) is 0 Å². The molecule has 22 heavy (non-hydrogen) atoms. The van der Waals surface area contributed by atoms with Gasteiger partial charge in [0.25, 0.3) is 0 Å². The molecular formula is C15H21N3O3S. The molecule has 0 saturated heterocycles. The summed E-state index contributed by atoms with van der Waals surface area (Å²) in [6.45, 7) is 2.39.